The highest BCUT2D eigenvalue weighted by Gasteiger charge is 2.15. The minimum absolute atomic E-state index is 0.132. The molecule has 0 unspecified atom stereocenters. The van der Waals surface area contributed by atoms with Crippen LogP contribution < -0.4 is 10.1 Å². The molecule has 3 aromatic carbocycles. The largest absolute Gasteiger partial charge is 0.455 e. The zero-order chi connectivity index (χ0) is 22.5. The van der Waals surface area contributed by atoms with Crippen molar-refractivity contribution in [3.8, 4) is 29.0 Å². The molecule has 1 amide bonds. The number of aromatic amines is 1. The lowest BCUT2D eigenvalue weighted by atomic mass is 10.1. The summed E-state index contributed by atoms with van der Waals surface area (Å²) >= 11 is 0. The SMILES string of the molecule is N#Cc1ccc(Oc2ccccc2NC(=O)c2cccc([N+](=O)[O-])c2)cc1-c1nnn[nH]1. The van der Waals surface area contributed by atoms with Crippen LogP contribution >= 0.6 is 0 Å². The number of tetrazole rings is 1. The lowest BCUT2D eigenvalue weighted by Crippen LogP contribution is -2.12. The fraction of sp³-hybridized carbons (Fsp3) is 0. The van der Waals surface area contributed by atoms with Crippen LogP contribution in [0.5, 0.6) is 11.5 Å². The summed E-state index contributed by atoms with van der Waals surface area (Å²) in [5.74, 6) is 0.488. The quantitative estimate of drug-likeness (QED) is 0.348. The second-order valence-corrected chi connectivity index (χ2v) is 6.43. The first-order valence-corrected chi connectivity index (χ1v) is 9.16. The van der Waals surface area contributed by atoms with Gasteiger partial charge in [0.25, 0.3) is 11.6 Å². The van der Waals surface area contributed by atoms with Gasteiger partial charge in [0, 0.05) is 23.3 Å². The number of non-ortho nitro benzene ring substituents is 1. The molecule has 11 heteroatoms. The molecule has 4 aromatic rings. The van der Waals surface area contributed by atoms with E-state index in [0.717, 1.165) is 0 Å². The second-order valence-electron chi connectivity index (χ2n) is 6.43. The summed E-state index contributed by atoms with van der Waals surface area (Å²) in [5, 5.41) is 36.5. The van der Waals surface area contributed by atoms with Gasteiger partial charge in [-0.1, -0.05) is 18.2 Å². The van der Waals surface area contributed by atoms with E-state index >= 15 is 0 Å². The first-order chi connectivity index (χ1) is 15.5. The number of rotatable bonds is 6. The van der Waals surface area contributed by atoms with E-state index in [2.05, 4.69) is 32.0 Å². The molecular formula is C21H13N7O4. The molecule has 0 saturated heterocycles. The van der Waals surface area contributed by atoms with Gasteiger partial charge in [0.1, 0.15) is 5.75 Å². The van der Waals surface area contributed by atoms with Crippen LogP contribution in [0.15, 0.2) is 66.7 Å². The molecule has 0 aliphatic heterocycles. The minimum atomic E-state index is -0.569. The molecule has 11 nitrogen and oxygen atoms in total. The van der Waals surface area contributed by atoms with Crippen LogP contribution in [0.3, 0.4) is 0 Å². The molecule has 1 aromatic heterocycles. The van der Waals surface area contributed by atoms with Gasteiger partial charge < -0.3 is 10.1 Å². The molecule has 0 bridgehead atoms. The number of anilines is 1. The predicted molar refractivity (Wildman–Crippen MR) is 112 cm³/mol. The molecule has 32 heavy (non-hydrogen) atoms. The van der Waals surface area contributed by atoms with Crippen molar-refractivity contribution in [2.45, 2.75) is 0 Å². The highest BCUT2D eigenvalue weighted by molar-refractivity contribution is 6.05. The number of para-hydroxylation sites is 2. The Bertz CT molecular complexity index is 1350. The Morgan fingerprint density at radius 3 is 2.72 bits per heavy atom. The third kappa shape index (κ3) is 4.24. The van der Waals surface area contributed by atoms with E-state index < -0.39 is 10.8 Å². The molecule has 156 valence electrons. The normalized spacial score (nSPS) is 10.2. The average Bonchev–Trinajstić information content (AvgIpc) is 3.35. The fourth-order valence-electron chi connectivity index (χ4n) is 2.89. The number of carbonyl (C=O) groups is 1. The van der Waals surface area contributed by atoms with Gasteiger partial charge in [-0.3, -0.25) is 14.9 Å². The van der Waals surface area contributed by atoms with E-state index in [-0.39, 0.29) is 11.3 Å². The number of carbonyl (C=O) groups excluding carboxylic acids is 1. The molecule has 4 rings (SSSR count). The maximum atomic E-state index is 12.6. The molecule has 1 heterocycles. The Morgan fingerprint density at radius 2 is 1.97 bits per heavy atom. The second kappa shape index (κ2) is 8.72. The highest BCUT2D eigenvalue weighted by Crippen LogP contribution is 2.32. The first-order valence-electron chi connectivity index (χ1n) is 9.16. The van der Waals surface area contributed by atoms with Crippen molar-refractivity contribution in [3.05, 3.63) is 88.0 Å². The summed E-state index contributed by atoms with van der Waals surface area (Å²) in [6.07, 6.45) is 0. The van der Waals surface area contributed by atoms with Gasteiger partial charge in [-0.05, 0) is 46.8 Å². The number of ether oxygens (including phenoxy) is 1. The molecule has 0 saturated carbocycles. The summed E-state index contributed by atoms with van der Waals surface area (Å²) in [4.78, 5) is 23.0. The summed E-state index contributed by atoms with van der Waals surface area (Å²) < 4.78 is 5.93. The van der Waals surface area contributed by atoms with Crippen LogP contribution in [0.1, 0.15) is 15.9 Å². The molecule has 0 atom stereocenters. The predicted octanol–water partition coefficient (Wildman–Crippen LogP) is 3.69. The Balaban J connectivity index is 1.60. The van der Waals surface area contributed by atoms with E-state index in [0.29, 0.717) is 34.1 Å². The maximum absolute atomic E-state index is 12.6. The Morgan fingerprint density at radius 1 is 1.12 bits per heavy atom. The van der Waals surface area contributed by atoms with E-state index in [9.17, 15) is 20.2 Å². The maximum Gasteiger partial charge on any atom is 0.270 e. The number of amides is 1. The van der Waals surface area contributed by atoms with Crippen LogP contribution in [-0.4, -0.2) is 31.5 Å². The summed E-state index contributed by atoms with van der Waals surface area (Å²) in [6.45, 7) is 0. The molecule has 0 fully saturated rings. The van der Waals surface area contributed by atoms with Gasteiger partial charge in [0.15, 0.2) is 11.6 Å². The number of benzene rings is 3. The molecule has 0 aliphatic rings. The van der Waals surface area contributed by atoms with Crippen LogP contribution in [0.2, 0.25) is 0 Å². The van der Waals surface area contributed by atoms with Gasteiger partial charge in [0.05, 0.1) is 22.2 Å². The third-order valence-corrected chi connectivity index (χ3v) is 4.39. The van der Waals surface area contributed by atoms with Crippen molar-refractivity contribution in [2.24, 2.45) is 0 Å². The molecule has 0 spiro atoms. The van der Waals surface area contributed by atoms with E-state index in [4.69, 9.17) is 4.74 Å². The number of nitriles is 1. The summed E-state index contributed by atoms with van der Waals surface area (Å²) in [7, 11) is 0. The number of hydrogen-bond donors (Lipinski definition) is 2. The highest BCUT2D eigenvalue weighted by atomic mass is 16.6. The number of hydrogen-bond acceptors (Lipinski definition) is 8. The van der Waals surface area contributed by atoms with Crippen LogP contribution in [0.25, 0.3) is 11.4 Å². The number of aromatic nitrogens is 4. The summed E-state index contributed by atoms with van der Waals surface area (Å²) in [5.41, 5.74) is 1.11. The van der Waals surface area contributed by atoms with Crippen molar-refractivity contribution in [3.63, 3.8) is 0 Å². The van der Waals surface area contributed by atoms with Gasteiger partial charge in [-0.2, -0.15) is 5.26 Å². The molecule has 2 N–H and O–H groups in total. The standard InChI is InChI=1S/C21H13N7O4/c22-12-14-8-9-16(11-17(14)20-24-26-27-25-20)32-19-7-2-1-6-18(19)23-21(29)13-4-3-5-15(10-13)28(30)31/h1-11H,(H,23,29)(H,24,25,26,27). The van der Waals surface area contributed by atoms with Crippen molar-refractivity contribution in [1.82, 2.24) is 20.6 Å². The zero-order valence-electron chi connectivity index (χ0n) is 16.2. The Labute approximate surface area is 180 Å². The number of nitro benzene ring substituents is 1. The smallest absolute Gasteiger partial charge is 0.270 e. The van der Waals surface area contributed by atoms with Crippen LogP contribution in [-0.2, 0) is 0 Å². The topological polar surface area (TPSA) is 160 Å². The van der Waals surface area contributed by atoms with Gasteiger partial charge in [-0.25, -0.2) is 5.10 Å². The van der Waals surface area contributed by atoms with Gasteiger partial charge in [-0.15, -0.1) is 5.10 Å². The monoisotopic (exact) mass is 427 g/mol. The minimum Gasteiger partial charge on any atom is -0.455 e. The Kier molecular flexibility index (Phi) is 5.50. The zero-order valence-corrected chi connectivity index (χ0v) is 16.2. The van der Waals surface area contributed by atoms with E-state index in [1.54, 1.807) is 42.5 Å². The number of nitrogens with zero attached hydrogens (tertiary/aromatic N) is 5. The van der Waals surface area contributed by atoms with Crippen molar-refractivity contribution < 1.29 is 14.5 Å². The van der Waals surface area contributed by atoms with Crippen molar-refractivity contribution >= 4 is 17.3 Å². The lowest BCUT2D eigenvalue weighted by Gasteiger charge is -2.13. The number of H-pyrrole nitrogens is 1. The first kappa shape index (κ1) is 20.2. The van der Waals surface area contributed by atoms with E-state index in [1.807, 2.05) is 0 Å². The van der Waals surface area contributed by atoms with Gasteiger partial charge in [0.2, 0.25) is 0 Å². The third-order valence-electron chi connectivity index (χ3n) is 4.39. The Hall–Kier alpha value is -5.11. The van der Waals surface area contributed by atoms with Crippen LogP contribution in [0.4, 0.5) is 11.4 Å². The lowest BCUT2D eigenvalue weighted by molar-refractivity contribution is -0.384. The summed E-state index contributed by atoms with van der Waals surface area (Å²) in [6, 6.07) is 19.0. The fourth-order valence-corrected chi connectivity index (χ4v) is 2.89. The van der Waals surface area contributed by atoms with Crippen LogP contribution in [0, 0.1) is 21.4 Å². The van der Waals surface area contributed by atoms with Crippen molar-refractivity contribution in [1.29, 1.82) is 5.26 Å². The number of nitro groups is 1. The number of nitrogens with one attached hydrogen (secondary N) is 2. The molecule has 0 aliphatic carbocycles. The average molecular weight is 427 g/mol. The molecule has 0 radical (unpaired) electrons. The van der Waals surface area contributed by atoms with Gasteiger partial charge >= 0.3 is 0 Å². The molecular weight excluding hydrogens is 414 g/mol. The van der Waals surface area contributed by atoms with Crippen molar-refractivity contribution in [2.75, 3.05) is 5.32 Å². The van der Waals surface area contributed by atoms with E-state index in [1.165, 1.54) is 24.3 Å².